The Morgan fingerprint density at radius 2 is 2.11 bits per heavy atom. The van der Waals surface area contributed by atoms with Gasteiger partial charge >= 0.3 is 5.69 Å². The summed E-state index contributed by atoms with van der Waals surface area (Å²) in [5.74, 6) is 2.14. The number of aromatic nitrogens is 3. The Hall–Kier alpha value is -2.57. The number of carbonyl (C=O) groups is 1. The minimum absolute atomic E-state index is 0.00475. The maximum absolute atomic E-state index is 12.7. The molecule has 1 aromatic heterocycles. The quantitative estimate of drug-likeness (QED) is 0.872. The van der Waals surface area contributed by atoms with Crippen molar-refractivity contribution in [2.75, 3.05) is 7.11 Å². The molecule has 1 amide bonds. The summed E-state index contributed by atoms with van der Waals surface area (Å²) in [6.45, 7) is 3.25. The van der Waals surface area contributed by atoms with Crippen LogP contribution in [0.1, 0.15) is 47.4 Å². The van der Waals surface area contributed by atoms with E-state index in [4.69, 9.17) is 4.74 Å². The van der Waals surface area contributed by atoms with Gasteiger partial charge < -0.3 is 10.1 Å². The highest BCUT2D eigenvalue weighted by Crippen LogP contribution is 2.30. The number of nitrogens with zero attached hydrogens (tertiary/aromatic N) is 3. The summed E-state index contributed by atoms with van der Waals surface area (Å²) in [6, 6.07) is 5.49. The third-order valence-corrected chi connectivity index (χ3v) is 5.56. The van der Waals surface area contributed by atoms with Crippen LogP contribution in [0.25, 0.3) is 0 Å². The average Bonchev–Trinajstić information content (AvgIpc) is 3.44. The first-order valence-electron chi connectivity index (χ1n) is 9.67. The smallest absolute Gasteiger partial charge is 0.345 e. The van der Waals surface area contributed by atoms with Crippen molar-refractivity contribution in [3.8, 4) is 5.75 Å². The van der Waals surface area contributed by atoms with Crippen LogP contribution in [0.3, 0.4) is 0 Å². The molecule has 7 heteroatoms. The Kier molecular flexibility index (Phi) is 4.76. The van der Waals surface area contributed by atoms with Crippen molar-refractivity contribution in [2.24, 2.45) is 5.92 Å². The molecule has 1 aromatic carbocycles. The normalized spacial score (nSPS) is 19.3. The zero-order chi connectivity index (χ0) is 19.0. The van der Waals surface area contributed by atoms with Crippen LogP contribution in [0.5, 0.6) is 5.75 Å². The Bertz CT molecular complexity index is 910. The van der Waals surface area contributed by atoms with Gasteiger partial charge in [0.25, 0.3) is 5.91 Å². The first-order valence-corrected chi connectivity index (χ1v) is 9.67. The number of hydrogen-bond donors (Lipinski definition) is 1. The van der Waals surface area contributed by atoms with E-state index in [0.29, 0.717) is 24.4 Å². The zero-order valence-electron chi connectivity index (χ0n) is 15.9. The van der Waals surface area contributed by atoms with Gasteiger partial charge in [-0.05, 0) is 62.3 Å². The van der Waals surface area contributed by atoms with Crippen LogP contribution in [-0.2, 0) is 19.5 Å². The minimum atomic E-state index is -0.0779. The lowest BCUT2D eigenvalue weighted by molar-refractivity contribution is 0.0932. The van der Waals surface area contributed by atoms with Crippen LogP contribution < -0.4 is 15.7 Å². The number of fused-ring (bicyclic) bond motifs is 1. The fraction of sp³-hybridized carbons (Fsp3) is 0.550. The van der Waals surface area contributed by atoms with Crippen molar-refractivity contribution in [3.05, 3.63) is 45.6 Å². The van der Waals surface area contributed by atoms with Crippen molar-refractivity contribution in [3.63, 3.8) is 0 Å². The number of rotatable bonds is 5. The van der Waals surface area contributed by atoms with Crippen molar-refractivity contribution >= 4 is 5.91 Å². The van der Waals surface area contributed by atoms with Crippen LogP contribution in [0.2, 0.25) is 0 Å². The number of methoxy groups -OCH3 is 1. The van der Waals surface area contributed by atoms with Crippen molar-refractivity contribution in [1.29, 1.82) is 0 Å². The Morgan fingerprint density at radius 3 is 2.81 bits per heavy atom. The Morgan fingerprint density at radius 1 is 1.30 bits per heavy atom. The molecule has 0 spiro atoms. The van der Waals surface area contributed by atoms with Crippen LogP contribution in [0.4, 0.5) is 0 Å². The number of benzene rings is 1. The molecule has 1 aliphatic heterocycles. The van der Waals surface area contributed by atoms with E-state index in [1.165, 1.54) is 12.8 Å². The van der Waals surface area contributed by atoms with E-state index in [1.54, 1.807) is 28.5 Å². The number of nitrogens with one attached hydrogen (secondary N) is 1. The Balaban J connectivity index is 1.41. The molecule has 2 aromatic rings. The molecule has 0 bridgehead atoms. The summed E-state index contributed by atoms with van der Waals surface area (Å²) >= 11 is 0. The molecule has 1 saturated carbocycles. The molecule has 1 fully saturated rings. The van der Waals surface area contributed by atoms with Crippen LogP contribution in [0, 0.1) is 12.8 Å². The van der Waals surface area contributed by atoms with Gasteiger partial charge in [-0.2, -0.15) is 5.10 Å². The fourth-order valence-electron chi connectivity index (χ4n) is 3.72. The minimum Gasteiger partial charge on any atom is -0.497 e. The van der Waals surface area contributed by atoms with E-state index in [-0.39, 0.29) is 17.6 Å². The molecule has 0 saturated heterocycles. The average molecular weight is 370 g/mol. The molecule has 27 heavy (non-hydrogen) atoms. The highest BCUT2D eigenvalue weighted by Gasteiger charge is 2.26. The van der Waals surface area contributed by atoms with Crippen molar-refractivity contribution in [2.45, 2.75) is 58.2 Å². The predicted octanol–water partition coefficient (Wildman–Crippen LogP) is 1.91. The van der Waals surface area contributed by atoms with Crippen molar-refractivity contribution in [1.82, 2.24) is 19.7 Å². The lowest BCUT2D eigenvalue weighted by atomic mass is 10.1. The van der Waals surface area contributed by atoms with E-state index in [0.717, 1.165) is 36.5 Å². The van der Waals surface area contributed by atoms with Crippen molar-refractivity contribution < 1.29 is 9.53 Å². The molecule has 144 valence electrons. The maximum Gasteiger partial charge on any atom is 0.345 e. The molecule has 2 aliphatic rings. The summed E-state index contributed by atoms with van der Waals surface area (Å²) in [5, 5.41) is 7.66. The predicted molar refractivity (Wildman–Crippen MR) is 101 cm³/mol. The summed E-state index contributed by atoms with van der Waals surface area (Å²) in [7, 11) is 1.61. The van der Waals surface area contributed by atoms with E-state index in [9.17, 15) is 9.59 Å². The molecule has 0 radical (unpaired) electrons. The van der Waals surface area contributed by atoms with Gasteiger partial charge in [0.1, 0.15) is 11.6 Å². The first kappa shape index (κ1) is 17.8. The second-order valence-corrected chi connectivity index (χ2v) is 7.65. The number of ether oxygens (including phenoxy) is 1. The molecule has 4 rings (SSSR count). The van der Waals surface area contributed by atoms with Gasteiger partial charge in [0.2, 0.25) is 0 Å². The standard InChI is InChI=1S/C20H26N4O3/c1-13-11-16(27-2)6-7-17(13)19(25)21-15-5-8-18-22-24(12-14-3-4-14)20(26)23(18)10-9-15/h6-7,11,14-15H,3-5,8-10,12H2,1-2H3,(H,21,25). The molecule has 2 heterocycles. The van der Waals surface area contributed by atoms with Gasteiger partial charge in [-0.3, -0.25) is 9.36 Å². The molecule has 1 aliphatic carbocycles. The summed E-state index contributed by atoms with van der Waals surface area (Å²) in [4.78, 5) is 25.2. The molecule has 1 atom stereocenters. The monoisotopic (exact) mass is 370 g/mol. The number of amides is 1. The topological polar surface area (TPSA) is 78.2 Å². The van der Waals surface area contributed by atoms with Gasteiger partial charge in [-0.15, -0.1) is 0 Å². The largest absolute Gasteiger partial charge is 0.497 e. The summed E-state index contributed by atoms with van der Waals surface area (Å²) < 4.78 is 8.62. The highest BCUT2D eigenvalue weighted by molar-refractivity contribution is 5.96. The lowest BCUT2D eigenvalue weighted by Crippen LogP contribution is -2.36. The van der Waals surface area contributed by atoms with Crippen LogP contribution in [0.15, 0.2) is 23.0 Å². The van der Waals surface area contributed by atoms with Gasteiger partial charge in [0.15, 0.2) is 0 Å². The maximum atomic E-state index is 12.7. The molecule has 7 nitrogen and oxygen atoms in total. The molecule has 1 N–H and O–H groups in total. The summed E-state index contributed by atoms with van der Waals surface area (Å²) in [6.07, 6.45) is 4.64. The lowest BCUT2D eigenvalue weighted by Gasteiger charge is -2.17. The zero-order valence-corrected chi connectivity index (χ0v) is 15.9. The third kappa shape index (κ3) is 3.77. The Labute approximate surface area is 158 Å². The fourth-order valence-corrected chi connectivity index (χ4v) is 3.72. The second-order valence-electron chi connectivity index (χ2n) is 7.65. The van der Waals surface area contributed by atoms with E-state index < -0.39 is 0 Å². The molecular formula is C20H26N4O3. The summed E-state index contributed by atoms with van der Waals surface area (Å²) in [5.41, 5.74) is 1.54. The molecule has 1 unspecified atom stereocenters. The van der Waals surface area contributed by atoms with Gasteiger partial charge in [0.05, 0.1) is 7.11 Å². The SMILES string of the molecule is COc1ccc(C(=O)NC2CCc3nn(CC4CC4)c(=O)n3CC2)c(C)c1. The first-order chi connectivity index (χ1) is 13.0. The highest BCUT2D eigenvalue weighted by atomic mass is 16.5. The number of hydrogen-bond acceptors (Lipinski definition) is 4. The van der Waals surface area contributed by atoms with Crippen LogP contribution in [-0.4, -0.2) is 33.4 Å². The third-order valence-electron chi connectivity index (χ3n) is 5.56. The second kappa shape index (κ2) is 7.21. The van der Waals surface area contributed by atoms with E-state index in [2.05, 4.69) is 10.4 Å². The van der Waals surface area contributed by atoms with E-state index >= 15 is 0 Å². The number of aryl methyl sites for hydroxylation is 2. The van der Waals surface area contributed by atoms with Crippen LogP contribution >= 0.6 is 0 Å². The van der Waals surface area contributed by atoms with Gasteiger partial charge in [-0.25, -0.2) is 9.48 Å². The van der Waals surface area contributed by atoms with E-state index in [1.807, 2.05) is 13.0 Å². The van der Waals surface area contributed by atoms with Gasteiger partial charge in [0, 0.05) is 31.1 Å². The molecular weight excluding hydrogens is 344 g/mol. The van der Waals surface area contributed by atoms with Gasteiger partial charge in [-0.1, -0.05) is 0 Å². The number of carbonyl (C=O) groups excluding carboxylic acids is 1.